The van der Waals surface area contributed by atoms with Crippen LogP contribution in [0.5, 0.6) is 0 Å². The molecule has 2 rings (SSSR count). The smallest absolute Gasteiger partial charge is 0.415 e. The van der Waals surface area contributed by atoms with Gasteiger partial charge < -0.3 is 10.1 Å². The summed E-state index contributed by atoms with van der Waals surface area (Å²) in [6, 6.07) is 6.74. The molecule has 6 nitrogen and oxygen atoms in total. The van der Waals surface area contributed by atoms with Gasteiger partial charge >= 0.3 is 6.09 Å². The van der Waals surface area contributed by atoms with Gasteiger partial charge in [0.15, 0.2) is 0 Å². The summed E-state index contributed by atoms with van der Waals surface area (Å²) in [5.41, 5.74) is 0.718. The van der Waals surface area contributed by atoms with Crippen molar-refractivity contribution in [3.05, 3.63) is 23.8 Å². The van der Waals surface area contributed by atoms with Gasteiger partial charge in [0.05, 0.1) is 23.0 Å². The normalized spacial score (nSPS) is 14.1. The summed E-state index contributed by atoms with van der Waals surface area (Å²) in [5.74, 6) is -0.298. The molecule has 0 unspecified atom stereocenters. The maximum atomic E-state index is 12.2. The van der Waals surface area contributed by atoms with Crippen LogP contribution in [0.3, 0.4) is 0 Å². The highest BCUT2D eigenvalue weighted by Gasteiger charge is 2.30. The first-order valence-electron chi connectivity index (χ1n) is 6.15. The van der Waals surface area contributed by atoms with E-state index < -0.39 is 11.7 Å². The van der Waals surface area contributed by atoms with Gasteiger partial charge in [0.1, 0.15) is 12.1 Å². The lowest BCUT2D eigenvalue weighted by atomic mass is 10.1. The van der Waals surface area contributed by atoms with Crippen molar-refractivity contribution in [1.29, 1.82) is 5.26 Å². The van der Waals surface area contributed by atoms with Crippen molar-refractivity contribution in [2.24, 2.45) is 0 Å². The van der Waals surface area contributed by atoms with E-state index in [9.17, 15) is 9.59 Å². The minimum absolute atomic E-state index is 0.128. The number of hydrogen-bond acceptors (Lipinski definition) is 4. The summed E-state index contributed by atoms with van der Waals surface area (Å²) in [5, 5.41) is 11.6. The first-order chi connectivity index (χ1) is 9.30. The van der Waals surface area contributed by atoms with Gasteiger partial charge in [0.25, 0.3) is 0 Å². The lowest BCUT2D eigenvalue weighted by molar-refractivity contribution is -0.115. The van der Waals surface area contributed by atoms with Crippen molar-refractivity contribution in [2.45, 2.75) is 26.4 Å². The number of benzene rings is 1. The van der Waals surface area contributed by atoms with Gasteiger partial charge in [-0.2, -0.15) is 5.26 Å². The molecule has 0 saturated carbocycles. The fourth-order valence-electron chi connectivity index (χ4n) is 1.83. The fourth-order valence-corrected chi connectivity index (χ4v) is 1.83. The maximum Gasteiger partial charge on any atom is 0.415 e. The van der Waals surface area contributed by atoms with E-state index in [4.69, 9.17) is 10.00 Å². The van der Waals surface area contributed by atoms with Gasteiger partial charge in [0, 0.05) is 0 Å². The number of nitriles is 1. The van der Waals surface area contributed by atoms with Crippen molar-refractivity contribution in [3.8, 4) is 6.07 Å². The van der Waals surface area contributed by atoms with Crippen LogP contribution in [-0.4, -0.2) is 24.1 Å². The van der Waals surface area contributed by atoms with Gasteiger partial charge in [-0.05, 0) is 39.0 Å². The minimum Gasteiger partial charge on any atom is -0.443 e. The molecule has 1 aliphatic rings. The van der Waals surface area contributed by atoms with Gasteiger partial charge in [-0.1, -0.05) is 0 Å². The number of nitrogens with one attached hydrogen (secondary N) is 1. The van der Waals surface area contributed by atoms with Crippen LogP contribution in [-0.2, 0) is 9.53 Å². The zero-order chi connectivity index (χ0) is 14.9. The van der Waals surface area contributed by atoms with Gasteiger partial charge in [-0.25, -0.2) is 4.79 Å². The van der Waals surface area contributed by atoms with Crippen LogP contribution >= 0.6 is 0 Å². The zero-order valence-corrected chi connectivity index (χ0v) is 11.6. The maximum absolute atomic E-state index is 12.2. The number of hydrogen-bond donors (Lipinski definition) is 1. The zero-order valence-electron chi connectivity index (χ0n) is 11.6. The number of ether oxygens (including phenoxy) is 1. The third-order valence-corrected chi connectivity index (χ3v) is 2.61. The first-order valence-corrected chi connectivity index (χ1v) is 6.15. The van der Waals surface area contributed by atoms with E-state index in [1.54, 1.807) is 39.0 Å². The molecule has 1 aromatic rings. The van der Waals surface area contributed by atoms with E-state index >= 15 is 0 Å². The molecule has 0 saturated heterocycles. The highest BCUT2D eigenvalue weighted by Crippen LogP contribution is 2.31. The second-order valence-electron chi connectivity index (χ2n) is 5.46. The monoisotopic (exact) mass is 273 g/mol. The van der Waals surface area contributed by atoms with Crippen molar-refractivity contribution in [1.82, 2.24) is 0 Å². The SMILES string of the molecule is CC(C)(C)OC(=O)N1CC(=O)Nc2ccc(C#N)cc21. The molecular weight excluding hydrogens is 258 g/mol. The molecule has 0 aliphatic carbocycles. The molecule has 20 heavy (non-hydrogen) atoms. The molecule has 1 N–H and O–H groups in total. The molecule has 6 heteroatoms. The molecular formula is C14H15N3O3. The van der Waals surface area contributed by atoms with E-state index in [1.807, 2.05) is 6.07 Å². The highest BCUT2D eigenvalue weighted by atomic mass is 16.6. The number of nitrogens with zero attached hydrogens (tertiary/aromatic N) is 2. The number of rotatable bonds is 0. The van der Waals surface area contributed by atoms with E-state index in [-0.39, 0.29) is 12.5 Å². The van der Waals surface area contributed by atoms with Crippen LogP contribution in [0.1, 0.15) is 26.3 Å². The average molecular weight is 273 g/mol. The lowest BCUT2D eigenvalue weighted by Crippen LogP contribution is -2.44. The largest absolute Gasteiger partial charge is 0.443 e. The van der Waals surface area contributed by atoms with Crippen molar-refractivity contribution < 1.29 is 14.3 Å². The molecule has 0 bridgehead atoms. The number of amides is 2. The third-order valence-electron chi connectivity index (χ3n) is 2.61. The van der Waals surface area contributed by atoms with Crippen molar-refractivity contribution >= 4 is 23.4 Å². The summed E-state index contributed by atoms with van der Waals surface area (Å²) in [4.78, 5) is 25.0. The molecule has 1 heterocycles. The summed E-state index contributed by atoms with van der Waals surface area (Å²) < 4.78 is 5.28. The van der Waals surface area contributed by atoms with Crippen LogP contribution < -0.4 is 10.2 Å². The molecule has 1 aromatic carbocycles. The summed E-state index contributed by atoms with van der Waals surface area (Å²) >= 11 is 0. The van der Waals surface area contributed by atoms with Crippen LogP contribution in [0.15, 0.2) is 18.2 Å². The van der Waals surface area contributed by atoms with Gasteiger partial charge in [-0.15, -0.1) is 0 Å². The van der Waals surface area contributed by atoms with Crippen LogP contribution in [0.25, 0.3) is 0 Å². The molecule has 0 radical (unpaired) electrons. The van der Waals surface area contributed by atoms with E-state index in [2.05, 4.69) is 5.32 Å². The third kappa shape index (κ3) is 2.88. The Morgan fingerprint density at radius 3 is 2.75 bits per heavy atom. The predicted molar refractivity (Wildman–Crippen MR) is 73.4 cm³/mol. The quantitative estimate of drug-likeness (QED) is 0.786. The Labute approximate surface area is 116 Å². The highest BCUT2D eigenvalue weighted by molar-refractivity contribution is 6.08. The van der Waals surface area contributed by atoms with E-state index in [1.165, 1.54) is 4.90 Å². The van der Waals surface area contributed by atoms with Gasteiger partial charge in [-0.3, -0.25) is 9.69 Å². The number of fused-ring (bicyclic) bond motifs is 1. The summed E-state index contributed by atoms with van der Waals surface area (Å²) in [6.45, 7) is 5.13. The Balaban J connectivity index is 2.39. The molecule has 0 atom stereocenters. The standard InChI is InChI=1S/C14H15N3O3/c1-14(2,3)20-13(19)17-8-12(18)16-10-5-4-9(7-15)6-11(10)17/h4-6H,8H2,1-3H3,(H,16,18). The van der Waals surface area contributed by atoms with Crippen molar-refractivity contribution in [3.63, 3.8) is 0 Å². The fraction of sp³-hybridized carbons (Fsp3) is 0.357. The van der Waals surface area contributed by atoms with Crippen LogP contribution in [0.4, 0.5) is 16.2 Å². The number of anilines is 2. The van der Waals surface area contributed by atoms with Crippen LogP contribution in [0, 0.1) is 11.3 Å². The van der Waals surface area contributed by atoms with E-state index in [0.29, 0.717) is 16.9 Å². The predicted octanol–water partition coefficient (Wildman–Crippen LogP) is 2.25. The molecule has 0 spiro atoms. The second kappa shape index (κ2) is 4.85. The Kier molecular flexibility index (Phi) is 3.36. The second-order valence-corrected chi connectivity index (χ2v) is 5.46. The molecule has 1 aliphatic heterocycles. The number of carbonyl (C=O) groups is 2. The Morgan fingerprint density at radius 1 is 1.45 bits per heavy atom. The Bertz CT molecular complexity index is 611. The molecule has 104 valence electrons. The molecule has 2 amide bonds. The minimum atomic E-state index is -0.655. The molecule has 0 fully saturated rings. The number of carbonyl (C=O) groups excluding carboxylic acids is 2. The van der Waals surface area contributed by atoms with E-state index in [0.717, 1.165) is 0 Å². The summed E-state index contributed by atoms with van der Waals surface area (Å²) in [6.07, 6.45) is -0.608. The lowest BCUT2D eigenvalue weighted by Gasteiger charge is -2.31. The summed E-state index contributed by atoms with van der Waals surface area (Å²) in [7, 11) is 0. The Hall–Kier alpha value is -2.55. The first kappa shape index (κ1) is 13.9. The van der Waals surface area contributed by atoms with Gasteiger partial charge in [0.2, 0.25) is 5.91 Å². The van der Waals surface area contributed by atoms with Crippen LogP contribution in [0.2, 0.25) is 0 Å². The molecule has 0 aromatic heterocycles. The average Bonchev–Trinajstić information content (AvgIpc) is 2.35. The van der Waals surface area contributed by atoms with Crippen molar-refractivity contribution in [2.75, 3.05) is 16.8 Å². The Morgan fingerprint density at radius 2 is 2.15 bits per heavy atom. The topological polar surface area (TPSA) is 82.4 Å².